The van der Waals surface area contributed by atoms with Gasteiger partial charge in [0.15, 0.2) is 0 Å². The highest BCUT2D eigenvalue weighted by Gasteiger charge is 2.18. The molecule has 0 amide bonds. The Kier molecular flexibility index (Phi) is 3.77. The van der Waals surface area contributed by atoms with Crippen LogP contribution >= 0.6 is 11.6 Å². The largest absolute Gasteiger partial charge is 0.440 e. The Morgan fingerprint density at radius 3 is 2.64 bits per heavy atom. The SMILES string of the molecule is CN=C(N)N(c1ccc(C)c(Cl)c1)c1cc2ccccc2o1. The molecule has 5 heteroatoms. The second-order valence-electron chi connectivity index (χ2n) is 4.97. The van der Waals surface area contributed by atoms with Crippen molar-refractivity contribution in [2.45, 2.75) is 6.92 Å². The second-order valence-corrected chi connectivity index (χ2v) is 5.38. The summed E-state index contributed by atoms with van der Waals surface area (Å²) in [4.78, 5) is 5.82. The van der Waals surface area contributed by atoms with Crippen molar-refractivity contribution in [3.8, 4) is 0 Å². The van der Waals surface area contributed by atoms with Crippen molar-refractivity contribution in [2.24, 2.45) is 10.7 Å². The molecule has 0 spiro atoms. The van der Waals surface area contributed by atoms with Crippen LogP contribution in [-0.2, 0) is 0 Å². The average molecular weight is 314 g/mol. The van der Waals surface area contributed by atoms with Crippen LogP contribution in [0.2, 0.25) is 5.02 Å². The lowest BCUT2D eigenvalue weighted by atomic mass is 10.2. The number of nitrogens with two attached hydrogens (primary N) is 1. The van der Waals surface area contributed by atoms with Gasteiger partial charge in [-0.25, -0.2) is 0 Å². The van der Waals surface area contributed by atoms with E-state index in [4.69, 9.17) is 21.8 Å². The molecule has 0 saturated carbocycles. The van der Waals surface area contributed by atoms with Crippen LogP contribution in [0.3, 0.4) is 0 Å². The number of aryl methyl sites for hydroxylation is 1. The topological polar surface area (TPSA) is 54.8 Å². The van der Waals surface area contributed by atoms with Crippen molar-refractivity contribution in [3.63, 3.8) is 0 Å². The molecule has 0 aliphatic rings. The third-order valence-corrected chi connectivity index (χ3v) is 3.91. The number of benzene rings is 2. The number of rotatable bonds is 2. The van der Waals surface area contributed by atoms with Crippen molar-refractivity contribution in [3.05, 3.63) is 59.1 Å². The van der Waals surface area contributed by atoms with E-state index in [1.807, 2.05) is 55.5 Å². The van der Waals surface area contributed by atoms with Crippen LogP contribution in [0.5, 0.6) is 0 Å². The summed E-state index contributed by atoms with van der Waals surface area (Å²) in [5, 5.41) is 1.67. The van der Waals surface area contributed by atoms with Gasteiger partial charge in [-0.05, 0) is 30.7 Å². The lowest BCUT2D eigenvalue weighted by molar-refractivity contribution is 0.622. The normalized spacial score (nSPS) is 11.9. The van der Waals surface area contributed by atoms with E-state index in [1.54, 1.807) is 11.9 Å². The Hall–Kier alpha value is -2.46. The summed E-state index contributed by atoms with van der Waals surface area (Å²) in [6.07, 6.45) is 0. The summed E-state index contributed by atoms with van der Waals surface area (Å²) in [6.45, 7) is 1.95. The van der Waals surface area contributed by atoms with Gasteiger partial charge < -0.3 is 10.2 Å². The summed E-state index contributed by atoms with van der Waals surface area (Å²) in [5.41, 5.74) is 8.67. The molecule has 0 saturated heterocycles. The van der Waals surface area contributed by atoms with Gasteiger partial charge in [0.1, 0.15) is 5.58 Å². The van der Waals surface area contributed by atoms with E-state index in [9.17, 15) is 0 Å². The summed E-state index contributed by atoms with van der Waals surface area (Å²) < 4.78 is 5.90. The number of hydrogen-bond acceptors (Lipinski definition) is 2. The molecule has 2 aromatic carbocycles. The van der Waals surface area contributed by atoms with E-state index in [2.05, 4.69) is 4.99 Å². The second kappa shape index (κ2) is 5.73. The minimum atomic E-state index is 0.332. The first-order chi connectivity index (χ1) is 10.6. The Balaban J connectivity index is 2.15. The fourth-order valence-corrected chi connectivity index (χ4v) is 2.45. The molecule has 4 nitrogen and oxygen atoms in total. The van der Waals surface area contributed by atoms with E-state index in [0.29, 0.717) is 16.9 Å². The van der Waals surface area contributed by atoms with Gasteiger partial charge in [0.25, 0.3) is 0 Å². The maximum atomic E-state index is 6.23. The number of fused-ring (bicyclic) bond motifs is 1. The van der Waals surface area contributed by atoms with Gasteiger partial charge in [-0.2, -0.15) is 0 Å². The Bertz CT molecular complexity index is 821. The first kappa shape index (κ1) is 14.5. The van der Waals surface area contributed by atoms with Crippen molar-refractivity contribution in [1.82, 2.24) is 0 Å². The first-order valence-electron chi connectivity index (χ1n) is 6.87. The lowest BCUT2D eigenvalue weighted by Gasteiger charge is -2.21. The van der Waals surface area contributed by atoms with Crippen molar-refractivity contribution >= 4 is 40.1 Å². The van der Waals surface area contributed by atoms with E-state index in [1.165, 1.54) is 0 Å². The van der Waals surface area contributed by atoms with Gasteiger partial charge in [0, 0.05) is 23.5 Å². The molecule has 0 radical (unpaired) electrons. The minimum absolute atomic E-state index is 0.332. The summed E-state index contributed by atoms with van der Waals surface area (Å²) >= 11 is 6.23. The molecule has 2 N–H and O–H groups in total. The zero-order valence-electron chi connectivity index (χ0n) is 12.4. The molecular weight excluding hydrogens is 298 g/mol. The lowest BCUT2D eigenvalue weighted by Crippen LogP contribution is -2.33. The number of halogens is 1. The molecule has 3 rings (SSSR count). The quantitative estimate of drug-likeness (QED) is 0.560. The molecule has 1 heterocycles. The highest BCUT2D eigenvalue weighted by atomic mass is 35.5. The highest BCUT2D eigenvalue weighted by Crippen LogP contribution is 2.33. The van der Waals surface area contributed by atoms with Crippen molar-refractivity contribution in [2.75, 3.05) is 11.9 Å². The van der Waals surface area contributed by atoms with Gasteiger partial charge in [0.05, 0.1) is 5.69 Å². The maximum absolute atomic E-state index is 6.23. The van der Waals surface area contributed by atoms with E-state index < -0.39 is 0 Å². The van der Waals surface area contributed by atoms with E-state index in [0.717, 1.165) is 22.2 Å². The van der Waals surface area contributed by atoms with Crippen LogP contribution in [0.1, 0.15) is 5.56 Å². The summed E-state index contributed by atoms with van der Waals surface area (Å²) in [5.74, 6) is 0.934. The van der Waals surface area contributed by atoms with Crippen LogP contribution in [-0.4, -0.2) is 13.0 Å². The molecule has 0 aliphatic heterocycles. The number of para-hydroxylation sites is 1. The molecular formula is C17H16ClN3O. The van der Waals surface area contributed by atoms with Crippen molar-refractivity contribution in [1.29, 1.82) is 0 Å². The highest BCUT2D eigenvalue weighted by molar-refractivity contribution is 6.31. The number of nitrogens with zero attached hydrogens (tertiary/aromatic N) is 2. The number of anilines is 2. The number of hydrogen-bond donors (Lipinski definition) is 1. The Morgan fingerprint density at radius 1 is 1.18 bits per heavy atom. The van der Waals surface area contributed by atoms with Gasteiger partial charge in [-0.3, -0.25) is 9.89 Å². The molecule has 1 aromatic heterocycles. The molecule has 0 atom stereocenters. The van der Waals surface area contributed by atoms with Gasteiger partial charge in [-0.15, -0.1) is 0 Å². The van der Waals surface area contributed by atoms with E-state index in [-0.39, 0.29) is 0 Å². The van der Waals surface area contributed by atoms with Gasteiger partial charge in [0.2, 0.25) is 11.8 Å². The fourth-order valence-electron chi connectivity index (χ4n) is 2.27. The van der Waals surface area contributed by atoms with E-state index >= 15 is 0 Å². The molecule has 22 heavy (non-hydrogen) atoms. The minimum Gasteiger partial charge on any atom is -0.440 e. The van der Waals surface area contributed by atoms with Crippen LogP contribution in [0.25, 0.3) is 11.0 Å². The molecule has 112 valence electrons. The van der Waals surface area contributed by atoms with Crippen LogP contribution in [0.15, 0.2) is 57.9 Å². The number of guanidine groups is 1. The van der Waals surface area contributed by atoms with Crippen LogP contribution in [0.4, 0.5) is 11.6 Å². The number of furan rings is 1. The third kappa shape index (κ3) is 2.53. The molecule has 0 unspecified atom stereocenters. The number of aliphatic imine (C=N–C) groups is 1. The molecule has 0 fully saturated rings. The predicted molar refractivity (Wildman–Crippen MR) is 92.1 cm³/mol. The van der Waals surface area contributed by atoms with Crippen LogP contribution in [0, 0.1) is 6.92 Å². The van der Waals surface area contributed by atoms with Gasteiger partial charge >= 0.3 is 0 Å². The van der Waals surface area contributed by atoms with Gasteiger partial charge in [-0.1, -0.05) is 35.9 Å². The Morgan fingerprint density at radius 2 is 1.95 bits per heavy atom. The molecule has 0 bridgehead atoms. The average Bonchev–Trinajstić information content (AvgIpc) is 2.94. The smallest absolute Gasteiger partial charge is 0.208 e. The standard InChI is InChI=1S/C17H16ClN3O/c1-11-7-8-13(10-14(11)18)21(17(19)20-2)16-9-12-5-3-4-6-15(12)22-16/h3-10H,1-2H3,(H2,19,20). The predicted octanol–water partition coefficient (Wildman–Crippen LogP) is 4.48. The summed E-state index contributed by atoms with van der Waals surface area (Å²) in [7, 11) is 1.64. The maximum Gasteiger partial charge on any atom is 0.208 e. The first-order valence-corrected chi connectivity index (χ1v) is 7.25. The Labute approximate surface area is 133 Å². The zero-order chi connectivity index (χ0) is 15.7. The van der Waals surface area contributed by atoms with Crippen LogP contribution < -0.4 is 10.6 Å². The third-order valence-electron chi connectivity index (χ3n) is 3.50. The van der Waals surface area contributed by atoms with Crippen molar-refractivity contribution < 1.29 is 4.42 Å². The molecule has 3 aromatic rings. The molecule has 0 aliphatic carbocycles. The monoisotopic (exact) mass is 313 g/mol. The summed E-state index contributed by atoms with van der Waals surface area (Å²) in [6, 6.07) is 15.5. The zero-order valence-corrected chi connectivity index (χ0v) is 13.1. The fraction of sp³-hybridized carbons (Fsp3) is 0.118.